The van der Waals surface area contributed by atoms with E-state index in [1.165, 1.54) is 6.42 Å². The Morgan fingerprint density at radius 2 is 2.50 bits per heavy atom. The van der Waals surface area contributed by atoms with Crippen molar-refractivity contribution in [3.8, 4) is 0 Å². The molecule has 1 heterocycles. The molecule has 0 saturated heterocycles. The maximum absolute atomic E-state index is 5.70. The van der Waals surface area contributed by atoms with E-state index in [2.05, 4.69) is 9.55 Å². The molecule has 0 aromatic carbocycles. The second kappa shape index (κ2) is 4.32. The molecule has 1 saturated carbocycles. The molecule has 0 aliphatic heterocycles. The first-order chi connectivity index (χ1) is 6.83. The molecule has 1 fully saturated rings. The maximum Gasteiger partial charge on any atom is 0.0952 e. The monoisotopic (exact) mass is 214 g/mol. The van der Waals surface area contributed by atoms with Gasteiger partial charge in [0.1, 0.15) is 0 Å². The summed E-state index contributed by atoms with van der Waals surface area (Å²) in [7, 11) is 1.78. The van der Waals surface area contributed by atoms with Gasteiger partial charge >= 0.3 is 0 Å². The molecule has 2 rings (SSSR count). The quantitative estimate of drug-likeness (QED) is 0.723. The number of imidazole rings is 1. The molecule has 4 heteroatoms. The van der Waals surface area contributed by atoms with Crippen LogP contribution in [0.4, 0.5) is 0 Å². The number of ether oxygens (including phenoxy) is 1. The van der Waals surface area contributed by atoms with Crippen LogP contribution in [0.1, 0.15) is 31.0 Å². The number of hydrogen-bond donors (Lipinski definition) is 0. The van der Waals surface area contributed by atoms with Crippen LogP contribution < -0.4 is 0 Å². The van der Waals surface area contributed by atoms with E-state index < -0.39 is 0 Å². The van der Waals surface area contributed by atoms with E-state index in [1.54, 1.807) is 7.11 Å². The molecule has 0 bridgehead atoms. The number of hydrogen-bond acceptors (Lipinski definition) is 2. The average Bonchev–Trinajstić information content (AvgIpc) is 2.86. The lowest BCUT2D eigenvalue weighted by Gasteiger charge is -2.11. The zero-order chi connectivity index (χ0) is 9.97. The lowest BCUT2D eigenvalue weighted by molar-refractivity contribution is 0.106. The van der Waals surface area contributed by atoms with Gasteiger partial charge in [0.25, 0.3) is 0 Å². The smallest absolute Gasteiger partial charge is 0.0952 e. The molecule has 78 valence electrons. The Morgan fingerprint density at radius 1 is 1.64 bits per heavy atom. The number of halogens is 1. The topological polar surface area (TPSA) is 27.1 Å². The van der Waals surface area contributed by atoms with Crippen LogP contribution >= 0.6 is 11.6 Å². The van der Waals surface area contributed by atoms with Crippen LogP contribution in [0.15, 0.2) is 12.5 Å². The van der Waals surface area contributed by atoms with E-state index in [0.29, 0.717) is 18.0 Å². The third-order valence-electron chi connectivity index (χ3n) is 2.90. The number of alkyl halides is 1. The summed E-state index contributed by atoms with van der Waals surface area (Å²) in [5, 5.41) is 0. The molecule has 0 radical (unpaired) electrons. The highest BCUT2D eigenvalue weighted by molar-refractivity contribution is 6.16. The third-order valence-corrected chi connectivity index (χ3v) is 3.18. The summed E-state index contributed by atoms with van der Waals surface area (Å²) in [6, 6.07) is 0.546. The first-order valence-electron chi connectivity index (χ1n) is 4.94. The van der Waals surface area contributed by atoms with E-state index in [9.17, 15) is 0 Å². The summed E-state index contributed by atoms with van der Waals surface area (Å²) in [5.41, 5.74) is 0.951. The largest absolute Gasteiger partial charge is 0.381 e. The molecule has 14 heavy (non-hydrogen) atoms. The highest BCUT2D eigenvalue weighted by Gasteiger charge is 2.25. The highest BCUT2D eigenvalue weighted by atomic mass is 35.5. The molecule has 1 aromatic heterocycles. The Bertz CT molecular complexity index is 300. The minimum absolute atomic E-state index is 0.418. The normalized spacial score (nSPS) is 27.0. The second-order valence-electron chi connectivity index (χ2n) is 3.77. The average molecular weight is 215 g/mol. The van der Waals surface area contributed by atoms with Crippen molar-refractivity contribution in [3.63, 3.8) is 0 Å². The molecule has 2 unspecified atom stereocenters. The predicted molar refractivity (Wildman–Crippen MR) is 55.5 cm³/mol. The van der Waals surface area contributed by atoms with Crippen molar-refractivity contribution >= 4 is 11.6 Å². The first-order valence-corrected chi connectivity index (χ1v) is 5.48. The van der Waals surface area contributed by atoms with Crippen molar-refractivity contribution in [2.75, 3.05) is 7.11 Å². The van der Waals surface area contributed by atoms with Gasteiger partial charge < -0.3 is 9.30 Å². The summed E-state index contributed by atoms with van der Waals surface area (Å²) in [5.74, 6) is 0.493. The van der Waals surface area contributed by atoms with Gasteiger partial charge in [0.15, 0.2) is 0 Å². The van der Waals surface area contributed by atoms with Crippen LogP contribution in [-0.2, 0) is 10.6 Å². The van der Waals surface area contributed by atoms with Gasteiger partial charge in [0.05, 0.1) is 24.0 Å². The molecule has 1 aliphatic rings. The molecule has 0 spiro atoms. The first kappa shape index (κ1) is 9.99. The molecule has 1 aliphatic carbocycles. The molecular formula is C10H15ClN2O. The van der Waals surface area contributed by atoms with Gasteiger partial charge in [0.2, 0.25) is 0 Å². The number of aromatic nitrogens is 2. The number of methoxy groups -OCH3 is 1. The number of rotatable bonds is 3. The van der Waals surface area contributed by atoms with Crippen molar-refractivity contribution in [1.29, 1.82) is 0 Å². The predicted octanol–water partition coefficient (Wildman–Crippen LogP) is 2.36. The summed E-state index contributed by atoms with van der Waals surface area (Å²) in [6.45, 7) is 0. The van der Waals surface area contributed by atoms with Gasteiger partial charge in [-0.05, 0) is 19.3 Å². The van der Waals surface area contributed by atoms with E-state index in [1.807, 2.05) is 12.5 Å². The van der Waals surface area contributed by atoms with Gasteiger partial charge in [-0.1, -0.05) is 0 Å². The van der Waals surface area contributed by atoms with E-state index in [0.717, 1.165) is 18.5 Å². The molecular weight excluding hydrogens is 200 g/mol. The standard InChI is InChI=1S/C10H15ClN2O/c1-14-10-3-2-9(4-10)13-6-8(5-11)12-7-13/h6-7,9-10H,2-5H2,1H3. The van der Waals surface area contributed by atoms with Crippen LogP contribution in [0.3, 0.4) is 0 Å². The molecule has 3 nitrogen and oxygen atoms in total. The third kappa shape index (κ3) is 1.93. The van der Waals surface area contributed by atoms with Gasteiger partial charge in [-0.3, -0.25) is 0 Å². The van der Waals surface area contributed by atoms with Crippen LogP contribution in [-0.4, -0.2) is 22.8 Å². The zero-order valence-electron chi connectivity index (χ0n) is 8.32. The van der Waals surface area contributed by atoms with Gasteiger partial charge in [-0.25, -0.2) is 4.98 Å². The highest BCUT2D eigenvalue weighted by Crippen LogP contribution is 2.31. The van der Waals surface area contributed by atoms with Gasteiger partial charge in [0, 0.05) is 19.3 Å². The zero-order valence-corrected chi connectivity index (χ0v) is 9.07. The van der Waals surface area contributed by atoms with Crippen molar-refractivity contribution in [2.45, 2.75) is 37.3 Å². The Morgan fingerprint density at radius 3 is 3.07 bits per heavy atom. The summed E-state index contributed by atoms with van der Waals surface area (Å²) in [4.78, 5) is 4.22. The Labute approximate surface area is 89.0 Å². The van der Waals surface area contributed by atoms with Gasteiger partial charge in [-0.2, -0.15) is 0 Å². The SMILES string of the molecule is COC1CCC(n2cnc(CCl)c2)C1. The van der Waals surface area contributed by atoms with Crippen LogP contribution in [0.5, 0.6) is 0 Å². The van der Waals surface area contributed by atoms with Crippen molar-refractivity contribution in [2.24, 2.45) is 0 Å². The van der Waals surface area contributed by atoms with Crippen molar-refractivity contribution in [1.82, 2.24) is 9.55 Å². The van der Waals surface area contributed by atoms with Crippen molar-refractivity contribution < 1.29 is 4.74 Å². The maximum atomic E-state index is 5.70. The summed E-state index contributed by atoms with van der Waals surface area (Å²) < 4.78 is 7.50. The van der Waals surface area contributed by atoms with Crippen LogP contribution in [0.2, 0.25) is 0 Å². The van der Waals surface area contributed by atoms with E-state index in [4.69, 9.17) is 16.3 Å². The van der Waals surface area contributed by atoms with Gasteiger partial charge in [-0.15, -0.1) is 11.6 Å². The fourth-order valence-corrected chi connectivity index (χ4v) is 2.19. The summed E-state index contributed by atoms with van der Waals surface area (Å²) >= 11 is 5.70. The fraction of sp³-hybridized carbons (Fsp3) is 0.700. The molecule has 0 amide bonds. The molecule has 1 aromatic rings. The van der Waals surface area contributed by atoms with Crippen LogP contribution in [0, 0.1) is 0 Å². The van der Waals surface area contributed by atoms with E-state index in [-0.39, 0.29) is 0 Å². The fourth-order valence-electron chi connectivity index (χ4n) is 2.05. The molecule has 2 atom stereocenters. The second-order valence-corrected chi connectivity index (χ2v) is 4.04. The minimum atomic E-state index is 0.418. The molecule has 0 N–H and O–H groups in total. The minimum Gasteiger partial charge on any atom is -0.381 e. The summed E-state index contributed by atoms with van der Waals surface area (Å²) in [6.07, 6.45) is 7.75. The lowest BCUT2D eigenvalue weighted by atomic mass is 10.2. The Hall–Kier alpha value is -0.540. The number of nitrogens with zero attached hydrogens (tertiary/aromatic N) is 2. The van der Waals surface area contributed by atoms with E-state index >= 15 is 0 Å². The lowest BCUT2D eigenvalue weighted by Crippen LogP contribution is -2.07. The Kier molecular flexibility index (Phi) is 3.08. The van der Waals surface area contributed by atoms with Crippen LogP contribution in [0.25, 0.3) is 0 Å². The Balaban J connectivity index is 2.02. The van der Waals surface area contributed by atoms with Crippen molar-refractivity contribution in [3.05, 3.63) is 18.2 Å².